The van der Waals surface area contributed by atoms with Crippen LogP contribution in [0.5, 0.6) is 11.6 Å². The molecule has 1 aromatic carbocycles. The van der Waals surface area contributed by atoms with E-state index in [1.54, 1.807) is 0 Å². The summed E-state index contributed by atoms with van der Waals surface area (Å²) in [5.74, 6) is 0.0768. The van der Waals surface area contributed by atoms with Gasteiger partial charge in [-0.3, -0.25) is 0 Å². The Labute approximate surface area is 122 Å². The van der Waals surface area contributed by atoms with Gasteiger partial charge in [0.05, 0.1) is 19.1 Å². The van der Waals surface area contributed by atoms with Crippen molar-refractivity contribution in [2.75, 3.05) is 20.0 Å². The third-order valence-corrected chi connectivity index (χ3v) is 4.45. The van der Waals surface area contributed by atoms with Crippen LogP contribution in [-0.2, 0) is 15.6 Å². The molecule has 0 aliphatic rings. The van der Waals surface area contributed by atoms with Crippen molar-refractivity contribution in [2.24, 2.45) is 0 Å². The summed E-state index contributed by atoms with van der Waals surface area (Å²) >= 11 is 0. The molecule has 0 aliphatic carbocycles. The van der Waals surface area contributed by atoms with Gasteiger partial charge in [0.25, 0.3) is 5.88 Å². The summed E-state index contributed by atoms with van der Waals surface area (Å²) < 4.78 is 34.9. The molecule has 0 radical (unpaired) electrons. The van der Waals surface area contributed by atoms with Gasteiger partial charge in [0.2, 0.25) is 5.75 Å². The summed E-state index contributed by atoms with van der Waals surface area (Å²) in [6, 6.07) is 5.97. The molecule has 0 fully saturated rings. The number of benzene rings is 1. The lowest BCUT2D eigenvalue weighted by atomic mass is 10.3. The molecule has 2 rings (SSSR count). The van der Waals surface area contributed by atoms with Crippen LogP contribution in [0.3, 0.4) is 0 Å². The summed E-state index contributed by atoms with van der Waals surface area (Å²) in [7, 11) is -0.746. The number of hydrogen-bond acceptors (Lipinski definition) is 7. The Balaban J connectivity index is 2.39. The number of aromatic nitrogens is 2. The van der Waals surface area contributed by atoms with Crippen LogP contribution in [0.2, 0.25) is 0 Å². The fourth-order valence-corrected chi connectivity index (χ4v) is 3.07. The van der Waals surface area contributed by atoms with E-state index in [1.165, 1.54) is 44.8 Å². The third-order valence-electron chi connectivity index (χ3n) is 2.81. The lowest BCUT2D eigenvalue weighted by Gasteiger charge is -2.11. The number of nitrogens with zero attached hydrogens (tertiary/aromatic N) is 2. The van der Waals surface area contributed by atoms with Crippen molar-refractivity contribution in [1.82, 2.24) is 9.97 Å². The highest BCUT2D eigenvalue weighted by Crippen LogP contribution is 2.29. The smallest absolute Gasteiger partial charge is 0.260 e. The fourth-order valence-electron chi connectivity index (χ4n) is 1.78. The number of ether oxygens (including phenoxy) is 2. The van der Waals surface area contributed by atoms with Crippen LogP contribution < -0.4 is 15.2 Å². The second-order valence-electron chi connectivity index (χ2n) is 4.19. The predicted molar refractivity (Wildman–Crippen MR) is 76.9 cm³/mol. The standard InChI is InChI=1S/C13H15N3O4S/c1-19-12-11(15-8-16-13(12)20-2)7-21(17,18)10-5-3-9(14)4-6-10/h3-6,8H,7,14H2,1-2H3. The van der Waals surface area contributed by atoms with Gasteiger partial charge in [-0.15, -0.1) is 0 Å². The molecule has 8 heteroatoms. The first-order chi connectivity index (χ1) is 9.97. The van der Waals surface area contributed by atoms with E-state index in [-0.39, 0.29) is 28.0 Å². The summed E-state index contributed by atoms with van der Waals surface area (Å²) in [5, 5.41) is 0. The third kappa shape index (κ3) is 3.22. The Morgan fingerprint density at radius 1 is 1.10 bits per heavy atom. The number of hydrogen-bond donors (Lipinski definition) is 1. The number of rotatable bonds is 5. The summed E-state index contributed by atoms with van der Waals surface area (Å²) in [4.78, 5) is 8.00. The van der Waals surface area contributed by atoms with Gasteiger partial charge < -0.3 is 15.2 Å². The van der Waals surface area contributed by atoms with E-state index >= 15 is 0 Å². The molecule has 7 nitrogen and oxygen atoms in total. The maximum atomic E-state index is 12.4. The summed E-state index contributed by atoms with van der Waals surface area (Å²) in [6.45, 7) is 0. The lowest BCUT2D eigenvalue weighted by Crippen LogP contribution is -2.09. The molecule has 21 heavy (non-hydrogen) atoms. The van der Waals surface area contributed by atoms with Crippen molar-refractivity contribution in [3.8, 4) is 11.6 Å². The van der Waals surface area contributed by atoms with Gasteiger partial charge in [-0.2, -0.15) is 4.98 Å². The fraction of sp³-hybridized carbons (Fsp3) is 0.231. The number of anilines is 1. The van der Waals surface area contributed by atoms with E-state index in [2.05, 4.69) is 9.97 Å². The van der Waals surface area contributed by atoms with Gasteiger partial charge >= 0.3 is 0 Å². The quantitative estimate of drug-likeness (QED) is 0.823. The van der Waals surface area contributed by atoms with E-state index in [4.69, 9.17) is 15.2 Å². The molecule has 1 heterocycles. The van der Waals surface area contributed by atoms with E-state index in [1.807, 2.05) is 0 Å². The molecule has 1 aromatic heterocycles. The molecule has 2 aromatic rings. The maximum absolute atomic E-state index is 12.4. The van der Waals surface area contributed by atoms with E-state index in [0.717, 1.165) is 0 Å². The second-order valence-corrected chi connectivity index (χ2v) is 6.18. The Morgan fingerprint density at radius 3 is 2.33 bits per heavy atom. The largest absolute Gasteiger partial charge is 0.490 e. The molecule has 0 aliphatic heterocycles. The van der Waals surface area contributed by atoms with E-state index in [0.29, 0.717) is 5.69 Å². The molecule has 112 valence electrons. The number of nitrogen functional groups attached to an aromatic ring is 1. The molecule has 2 N–H and O–H groups in total. The molecule has 0 spiro atoms. The monoisotopic (exact) mass is 309 g/mol. The van der Waals surface area contributed by atoms with Crippen LogP contribution in [-0.4, -0.2) is 32.6 Å². The van der Waals surface area contributed by atoms with Crippen molar-refractivity contribution in [1.29, 1.82) is 0 Å². The molecular formula is C13H15N3O4S. The first kappa shape index (κ1) is 15.0. The van der Waals surface area contributed by atoms with E-state index < -0.39 is 9.84 Å². The average Bonchev–Trinajstić information content (AvgIpc) is 2.47. The van der Waals surface area contributed by atoms with Gasteiger partial charge in [-0.1, -0.05) is 0 Å². The number of sulfone groups is 1. The van der Waals surface area contributed by atoms with Gasteiger partial charge in [-0.05, 0) is 24.3 Å². The van der Waals surface area contributed by atoms with Gasteiger partial charge in [0.1, 0.15) is 17.8 Å². The summed E-state index contributed by atoms with van der Waals surface area (Å²) in [6.07, 6.45) is 1.23. The molecule has 0 saturated heterocycles. The van der Waals surface area contributed by atoms with Gasteiger partial charge in [0, 0.05) is 5.69 Å². The average molecular weight is 309 g/mol. The molecule has 0 saturated carbocycles. The Kier molecular flexibility index (Phi) is 4.27. The van der Waals surface area contributed by atoms with Crippen molar-refractivity contribution < 1.29 is 17.9 Å². The normalized spacial score (nSPS) is 11.1. The van der Waals surface area contributed by atoms with Crippen LogP contribution >= 0.6 is 0 Å². The Hall–Kier alpha value is -2.35. The zero-order valence-electron chi connectivity index (χ0n) is 11.6. The van der Waals surface area contributed by atoms with Gasteiger partial charge in [-0.25, -0.2) is 13.4 Å². The Bertz CT molecular complexity index is 730. The SMILES string of the molecule is COc1ncnc(CS(=O)(=O)c2ccc(N)cc2)c1OC. The van der Waals surface area contributed by atoms with Crippen molar-refractivity contribution in [2.45, 2.75) is 10.6 Å². The topological polar surface area (TPSA) is 104 Å². The zero-order chi connectivity index (χ0) is 15.5. The lowest BCUT2D eigenvalue weighted by molar-refractivity contribution is 0.338. The van der Waals surface area contributed by atoms with Crippen molar-refractivity contribution >= 4 is 15.5 Å². The predicted octanol–water partition coefficient (Wildman–Crippen LogP) is 1.05. The molecule has 0 bridgehead atoms. The molecule has 0 atom stereocenters. The molecular weight excluding hydrogens is 294 g/mol. The first-order valence-electron chi connectivity index (χ1n) is 5.98. The number of methoxy groups -OCH3 is 2. The highest BCUT2D eigenvalue weighted by Gasteiger charge is 2.21. The van der Waals surface area contributed by atoms with Crippen LogP contribution in [0.4, 0.5) is 5.69 Å². The molecule has 0 unspecified atom stereocenters. The Morgan fingerprint density at radius 2 is 1.76 bits per heavy atom. The maximum Gasteiger partial charge on any atom is 0.260 e. The highest BCUT2D eigenvalue weighted by molar-refractivity contribution is 7.90. The zero-order valence-corrected chi connectivity index (χ0v) is 12.4. The minimum absolute atomic E-state index is 0.163. The van der Waals surface area contributed by atoms with Crippen LogP contribution in [0, 0.1) is 0 Å². The van der Waals surface area contributed by atoms with E-state index in [9.17, 15) is 8.42 Å². The highest BCUT2D eigenvalue weighted by atomic mass is 32.2. The van der Waals surface area contributed by atoms with Crippen molar-refractivity contribution in [3.63, 3.8) is 0 Å². The summed E-state index contributed by atoms with van der Waals surface area (Å²) in [5.41, 5.74) is 6.29. The van der Waals surface area contributed by atoms with Crippen LogP contribution in [0.15, 0.2) is 35.5 Å². The number of nitrogens with two attached hydrogens (primary N) is 1. The second kappa shape index (κ2) is 5.96. The molecule has 0 amide bonds. The first-order valence-corrected chi connectivity index (χ1v) is 7.63. The van der Waals surface area contributed by atoms with Crippen LogP contribution in [0.25, 0.3) is 0 Å². The minimum atomic E-state index is -3.57. The van der Waals surface area contributed by atoms with Gasteiger partial charge in [0.15, 0.2) is 9.84 Å². The van der Waals surface area contributed by atoms with Crippen molar-refractivity contribution in [3.05, 3.63) is 36.3 Å². The van der Waals surface area contributed by atoms with Crippen LogP contribution in [0.1, 0.15) is 5.69 Å². The minimum Gasteiger partial charge on any atom is -0.490 e.